The second-order valence-electron chi connectivity index (χ2n) is 29.9. The molecule has 0 saturated carbocycles. The van der Waals surface area contributed by atoms with E-state index in [9.17, 15) is 57.8 Å². The molecule has 1 unspecified atom stereocenters. The van der Waals surface area contributed by atoms with Gasteiger partial charge in [0.05, 0.1) is 75.3 Å². The highest BCUT2D eigenvalue weighted by Crippen LogP contribution is 2.34. The SMILES string of the molecule is CCc1ccc(CCC2CC(=O)N(CCOCCOCC(=O)N[C@H](C(=O)C[C@@H](CCCNC(N)=O)C(=O)Nc3ccc(COC(=O)N(C)[C@H](C(=O)C[C@H](C(=O)N(C)[C@@H]([C@@H](C)CC)[C@@H](CC(=O)N4CCC[C@H]4[C@H](OC)[C@@H](C)C(=O)C[C@H](C)[C@@H](O)c4ccccc4)OC)C(C)C)C(C)C)cc3)C(C)C)C2=O)cc1. The quantitative estimate of drug-likeness (QED) is 0.0259. The first-order valence-corrected chi connectivity index (χ1v) is 38.0. The first-order valence-electron chi connectivity index (χ1n) is 38.0. The number of methoxy groups -OCH3 is 2. The lowest BCUT2D eigenvalue weighted by Gasteiger charge is -2.41. The molecule has 2 fully saturated rings. The van der Waals surface area contributed by atoms with Gasteiger partial charge in [-0.05, 0) is 109 Å². The number of aryl methyl sites for hydroxylation is 2. The minimum absolute atomic E-state index is 0.0226. The van der Waals surface area contributed by atoms with Crippen LogP contribution in [-0.2, 0) is 86.3 Å². The second-order valence-corrected chi connectivity index (χ2v) is 29.9. The molecule has 2 heterocycles. The molecule has 3 aromatic rings. The molecule has 2 saturated heterocycles. The summed E-state index contributed by atoms with van der Waals surface area (Å²) in [5.74, 6) is -7.03. The summed E-state index contributed by atoms with van der Waals surface area (Å²) in [4.78, 5) is 156. The Labute approximate surface area is 628 Å². The summed E-state index contributed by atoms with van der Waals surface area (Å²) in [6.07, 6.45) is 1.50. The number of hydrogen-bond donors (Lipinski definition) is 5. The number of carbonyl (C=O) groups is 11. The lowest BCUT2D eigenvalue weighted by Crippen LogP contribution is -2.54. The van der Waals surface area contributed by atoms with Crippen molar-refractivity contribution in [3.63, 3.8) is 0 Å². The van der Waals surface area contributed by atoms with Crippen LogP contribution in [0.1, 0.15) is 175 Å². The van der Waals surface area contributed by atoms with Crippen LogP contribution < -0.4 is 21.7 Å². The number of ether oxygens (including phenoxy) is 5. The number of primary amides is 1. The zero-order valence-electron chi connectivity index (χ0n) is 65.4. The molecule has 2 aliphatic rings. The van der Waals surface area contributed by atoms with Gasteiger partial charge >= 0.3 is 12.1 Å². The zero-order valence-corrected chi connectivity index (χ0v) is 65.4. The van der Waals surface area contributed by atoms with Gasteiger partial charge in [0, 0.05) is 96.4 Å². The maximum Gasteiger partial charge on any atom is 0.410 e. The third kappa shape index (κ3) is 26.5. The van der Waals surface area contributed by atoms with Crippen molar-refractivity contribution in [2.45, 2.75) is 209 Å². The van der Waals surface area contributed by atoms with Gasteiger partial charge < -0.3 is 65.2 Å². The fraction of sp³-hybridized carbons (Fsp3) is 0.642. The number of nitrogens with one attached hydrogen (secondary N) is 3. The number of aliphatic hydroxyl groups is 1. The van der Waals surface area contributed by atoms with Crippen molar-refractivity contribution in [1.82, 2.24) is 30.2 Å². The van der Waals surface area contributed by atoms with Gasteiger partial charge in [0.1, 0.15) is 19.0 Å². The number of amides is 9. The van der Waals surface area contributed by atoms with Gasteiger partial charge in [-0.15, -0.1) is 0 Å². The number of nitrogens with zero attached hydrogens (tertiary/aromatic N) is 4. The van der Waals surface area contributed by atoms with Crippen molar-refractivity contribution in [3.05, 3.63) is 101 Å². The molecule has 3 aromatic carbocycles. The van der Waals surface area contributed by atoms with E-state index in [0.717, 1.165) is 17.5 Å². The van der Waals surface area contributed by atoms with E-state index in [1.807, 2.05) is 85.7 Å². The normalized spacial score (nSPS) is 17.7. The van der Waals surface area contributed by atoms with Gasteiger partial charge in [-0.2, -0.15) is 0 Å². The standard InChI is InChI=1S/C81H122N8O17/c1-16-53(9)74(68(102-14)47-71(95)88-38-22-26-64(88)76(103-15)55(11)65(90)43-54(10)75(96)59-23-19-18-20-24-59)86(12)79(99)63(50(3)4)46-67(92)73(52(7)8)87(13)81(101)106-48-58-32-35-62(36-33-58)84-77(97)60(25-21-37-83-80(82)100)44-66(91)72(51(5)6)85-69(93)49-105-42-41-104-40-39-89-70(94)45-61(78(89)98)34-31-57-29-27-56(17-2)28-30-57/h18-20,23-24,27-30,32-33,35-36,50-55,60-61,63-64,68,72-76,96H,16-17,21-22,25-26,31,34,37-49H2,1-15H3,(H,84,97)(H,85,93)(H3,82,83,100)/t53-,54-,55-,60+,61?,63-,64-,68+,72-,73-,74-,75+,76+/m0/s1. The molecule has 106 heavy (non-hydrogen) atoms. The number of anilines is 1. The zero-order chi connectivity index (χ0) is 78.5. The molecule has 0 aromatic heterocycles. The Balaban J connectivity index is 1.12. The monoisotopic (exact) mass is 1480 g/mol. The minimum atomic E-state index is -0.976. The van der Waals surface area contributed by atoms with Crippen LogP contribution >= 0.6 is 0 Å². The van der Waals surface area contributed by atoms with Crippen LogP contribution in [0.3, 0.4) is 0 Å². The summed E-state index contributed by atoms with van der Waals surface area (Å²) in [5, 5.41) is 19.2. The van der Waals surface area contributed by atoms with Gasteiger partial charge in [-0.3, -0.25) is 48.1 Å². The maximum atomic E-state index is 14.9. The van der Waals surface area contributed by atoms with Crippen LogP contribution in [-0.4, -0.2) is 200 Å². The summed E-state index contributed by atoms with van der Waals surface area (Å²) in [6.45, 7) is 20.9. The molecule has 9 amide bonds. The molecular weight excluding hydrogens is 1360 g/mol. The van der Waals surface area contributed by atoms with E-state index in [1.54, 1.807) is 62.1 Å². The Bertz CT molecular complexity index is 3330. The van der Waals surface area contributed by atoms with E-state index < -0.39 is 90.0 Å². The van der Waals surface area contributed by atoms with E-state index in [2.05, 4.69) is 47.1 Å². The van der Waals surface area contributed by atoms with Crippen LogP contribution in [0.2, 0.25) is 0 Å². The number of likely N-dealkylation sites (tertiary alicyclic amines) is 2. The second kappa shape index (κ2) is 44.4. The molecule has 25 heteroatoms. The van der Waals surface area contributed by atoms with E-state index >= 15 is 0 Å². The first kappa shape index (κ1) is 88.7. The summed E-state index contributed by atoms with van der Waals surface area (Å²) >= 11 is 0. The summed E-state index contributed by atoms with van der Waals surface area (Å²) in [7, 11) is 6.23. The smallest absolute Gasteiger partial charge is 0.410 e. The van der Waals surface area contributed by atoms with Crippen molar-refractivity contribution in [1.29, 1.82) is 0 Å². The Hall–Kier alpha value is -7.97. The van der Waals surface area contributed by atoms with E-state index in [4.69, 9.17) is 29.4 Å². The van der Waals surface area contributed by atoms with Crippen LogP contribution in [0.15, 0.2) is 78.9 Å². The van der Waals surface area contributed by atoms with Crippen LogP contribution in [0.25, 0.3) is 0 Å². The lowest BCUT2D eigenvalue weighted by atomic mass is 9.83. The highest BCUT2D eigenvalue weighted by molar-refractivity contribution is 6.03. The molecule has 6 N–H and O–H groups in total. The number of nitrogens with two attached hydrogens (primary N) is 1. The Morgan fingerprint density at radius 2 is 1.36 bits per heavy atom. The fourth-order valence-corrected chi connectivity index (χ4v) is 14.6. The molecule has 13 atom stereocenters. The number of hydrogen-bond acceptors (Lipinski definition) is 17. The van der Waals surface area contributed by atoms with E-state index in [1.165, 1.54) is 29.5 Å². The van der Waals surface area contributed by atoms with E-state index in [-0.39, 0.29) is 155 Å². The Morgan fingerprint density at radius 1 is 0.708 bits per heavy atom. The largest absolute Gasteiger partial charge is 0.445 e. The van der Waals surface area contributed by atoms with Crippen LogP contribution in [0, 0.1) is 53.3 Å². The molecule has 2 aliphatic heterocycles. The molecule has 0 spiro atoms. The average Bonchev–Trinajstić information content (AvgIpc) is 1.06. The number of carbonyl (C=O) groups excluding carboxylic acids is 11. The van der Waals surface area contributed by atoms with Crippen molar-refractivity contribution in [2.24, 2.45) is 59.0 Å². The number of rotatable bonds is 47. The first-order chi connectivity index (χ1) is 50.4. The summed E-state index contributed by atoms with van der Waals surface area (Å²) in [6, 6.07) is 20.3. The molecule has 0 bridgehead atoms. The molecule has 0 aliphatic carbocycles. The number of ketones is 3. The number of imide groups is 1. The molecule has 5 rings (SSSR count). The number of likely N-dealkylation sites (N-methyl/N-ethyl adjacent to an activating group) is 2. The van der Waals surface area contributed by atoms with Crippen LogP contribution in [0.5, 0.6) is 0 Å². The third-order valence-corrected chi connectivity index (χ3v) is 21.1. The Kier molecular flexibility index (Phi) is 37.1. The third-order valence-electron chi connectivity index (χ3n) is 21.1. The summed E-state index contributed by atoms with van der Waals surface area (Å²) in [5.41, 5.74) is 9.30. The predicted octanol–water partition coefficient (Wildman–Crippen LogP) is 9.47. The summed E-state index contributed by atoms with van der Waals surface area (Å²) < 4.78 is 29.1. The maximum absolute atomic E-state index is 14.9. The molecule has 588 valence electrons. The van der Waals surface area contributed by atoms with Crippen molar-refractivity contribution >= 4 is 70.6 Å². The fourth-order valence-electron chi connectivity index (χ4n) is 14.6. The number of Topliss-reactive ketones (excluding diaryl/α,β-unsaturated/α-hetero) is 3. The highest BCUT2D eigenvalue weighted by Gasteiger charge is 2.45. The van der Waals surface area contributed by atoms with Gasteiger partial charge in [-0.1, -0.05) is 149 Å². The molecular formula is C81H122N8O17. The lowest BCUT2D eigenvalue weighted by molar-refractivity contribution is -0.149. The van der Waals surface area contributed by atoms with Gasteiger partial charge in [0.15, 0.2) is 11.6 Å². The van der Waals surface area contributed by atoms with Crippen molar-refractivity contribution < 1.29 is 81.5 Å². The minimum Gasteiger partial charge on any atom is -0.445 e. The van der Waals surface area contributed by atoms with Crippen LogP contribution in [0.4, 0.5) is 15.3 Å². The van der Waals surface area contributed by atoms with Crippen molar-refractivity contribution in [2.75, 3.05) is 79.7 Å². The van der Waals surface area contributed by atoms with E-state index in [0.29, 0.717) is 56.3 Å². The topological polar surface area (TPSA) is 329 Å². The number of benzene rings is 3. The number of aliphatic hydroxyl groups excluding tert-OH is 1. The van der Waals surface area contributed by atoms with Gasteiger partial charge in [0.25, 0.3) is 0 Å². The van der Waals surface area contributed by atoms with Gasteiger partial charge in [0.2, 0.25) is 35.4 Å². The number of urea groups is 1. The highest BCUT2D eigenvalue weighted by atomic mass is 16.6. The average molecular weight is 1480 g/mol. The van der Waals surface area contributed by atoms with Crippen molar-refractivity contribution in [3.8, 4) is 0 Å². The van der Waals surface area contributed by atoms with Gasteiger partial charge in [-0.25, -0.2) is 9.59 Å². The molecule has 25 nitrogen and oxygen atoms in total. The predicted molar refractivity (Wildman–Crippen MR) is 403 cm³/mol. The molecule has 0 radical (unpaired) electrons. The Morgan fingerprint density at radius 3 is 1.96 bits per heavy atom.